The summed E-state index contributed by atoms with van der Waals surface area (Å²) in [5, 5.41) is 14.3. The number of hydrogen-bond donors (Lipinski definition) is 1. The lowest BCUT2D eigenvalue weighted by atomic mass is 10.1. The summed E-state index contributed by atoms with van der Waals surface area (Å²) in [5.41, 5.74) is 5.15. The van der Waals surface area contributed by atoms with Gasteiger partial charge in [0.15, 0.2) is 18.1 Å². The van der Waals surface area contributed by atoms with Gasteiger partial charge in [0.05, 0.1) is 28.9 Å². The maximum Gasteiger partial charge on any atom is 0.277 e. The molecule has 0 aliphatic heterocycles. The van der Waals surface area contributed by atoms with Crippen molar-refractivity contribution in [3.63, 3.8) is 0 Å². The predicted octanol–water partition coefficient (Wildman–Crippen LogP) is 5.38. The molecule has 0 atom stereocenters. The number of para-hydroxylation sites is 1. The van der Waals surface area contributed by atoms with Gasteiger partial charge in [-0.15, -0.1) is 0 Å². The first-order valence-corrected chi connectivity index (χ1v) is 12.2. The van der Waals surface area contributed by atoms with E-state index in [-0.39, 0.29) is 13.2 Å². The quantitative estimate of drug-likeness (QED) is 0.207. The number of nitrogens with zero attached hydrogens (tertiary/aromatic N) is 3. The summed E-state index contributed by atoms with van der Waals surface area (Å²) in [6, 6.07) is 22.3. The second kappa shape index (κ2) is 12.5. The van der Waals surface area contributed by atoms with E-state index >= 15 is 0 Å². The van der Waals surface area contributed by atoms with Gasteiger partial charge in [-0.3, -0.25) is 9.78 Å². The standard InChI is InChI=1S/C28H23BrN4O4/c1-2-35-25-14-19(13-23(29)28(25)37-17-22-8-4-3-7-21(22)15-30)16-32-33-26(34)18-36-24-11-5-9-20-10-6-12-31-27(20)24/h3-14,16H,2,17-18H2,1H3,(H,33,34)/b32-16+. The highest BCUT2D eigenvalue weighted by Crippen LogP contribution is 2.37. The Balaban J connectivity index is 1.39. The number of carbonyl (C=O) groups excluding carboxylic acids is 1. The van der Waals surface area contributed by atoms with Gasteiger partial charge in [-0.2, -0.15) is 10.4 Å². The molecule has 0 radical (unpaired) electrons. The summed E-state index contributed by atoms with van der Waals surface area (Å²) in [6.45, 7) is 2.29. The molecule has 1 N–H and O–H groups in total. The van der Waals surface area contributed by atoms with Crippen LogP contribution in [0.5, 0.6) is 17.2 Å². The molecule has 0 unspecified atom stereocenters. The predicted molar refractivity (Wildman–Crippen MR) is 144 cm³/mol. The van der Waals surface area contributed by atoms with E-state index in [1.165, 1.54) is 6.21 Å². The monoisotopic (exact) mass is 558 g/mol. The number of benzene rings is 3. The Morgan fingerprint density at radius 1 is 1.08 bits per heavy atom. The number of rotatable bonds is 10. The van der Waals surface area contributed by atoms with Crippen molar-refractivity contribution in [2.75, 3.05) is 13.2 Å². The van der Waals surface area contributed by atoms with Gasteiger partial charge >= 0.3 is 0 Å². The fourth-order valence-electron chi connectivity index (χ4n) is 3.52. The SMILES string of the molecule is CCOc1cc(/C=N/NC(=O)COc2cccc3cccnc23)cc(Br)c1OCc1ccccc1C#N. The smallest absolute Gasteiger partial charge is 0.277 e. The van der Waals surface area contributed by atoms with E-state index in [2.05, 4.69) is 37.5 Å². The molecule has 8 nitrogen and oxygen atoms in total. The number of halogens is 1. The van der Waals surface area contributed by atoms with Crippen LogP contribution in [0.4, 0.5) is 0 Å². The van der Waals surface area contributed by atoms with Crippen LogP contribution in [0.1, 0.15) is 23.6 Å². The molecule has 3 aromatic carbocycles. The maximum atomic E-state index is 12.3. The molecule has 1 aromatic heterocycles. The molecule has 37 heavy (non-hydrogen) atoms. The number of ether oxygens (including phenoxy) is 3. The number of nitriles is 1. The molecule has 9 heteroatoms. The van der Waals surface area contributed by atoms with Crippen LogP contribution < -0.4 is 19.6 Å². The summed E-state index contributed by atoms with van der Waals surface area (Å²) in [4.78, 5) is 16.6. The molecule has 0 bridgehead atoms. The summed E-state index contributed by atoms with van der Waals surface area (Å²) in [5.74, 6) is 1.12. The number of hydrazone groups is 1. The molecule has 4 rings (SSSR count). The normalized spacial score (nSPS) is 10.7. The molecular weight excluding hydrogens is 536 g/mol. The number of fused-ring (bicyclic) bond motifs is 1. The van der Waals surface area contributed by atoms with Crippen LogP contribution in [0.2, 0.25) is 0 Å². The van der Waals surface area contributed by atoms with Gasteiger partial charge in [0.1, 0.15) is 17.9 Å². The molecule has 186 valence electrons. The van der Waals surface area contributed by atoms with Gasteiger partial charge in [0.2, 0.25) is 0 Å². The minimum absolute atomic E-state index is 0.206. The number of carbonyl (C=O) groups is 1. The minimum atomic E-state index is -0.413. The Kier molecular flexibility index (Phi) is 8.68. The van der Waals surface area contributed by atoms with E-state index in [9.17, 15) is 10.1 Å². The second-order valence-corrected chi connectivity index (χ2v) is 8.59. The minimum Gasteiger partial charge on any atom is -0.490 e. The van der Waals surface area contributed by atoms with Crippen molar-refractivity contribution >= 4 is 39.0 Å². The molecule has 0 fully saturated rings. The Bertz CT molecular complexity index is 1480. The van der Waals surface area contributed by atoms with Crippen LogP contribution in [-0.2, 0) is 11.4 Å². The molecule has 0 aliphatic carbocycles. The largest absolute Gasteiger partial charge is 0.490 e. The van der Waals surface area contributed by atoms with E-state index in [0.717, 1.165) is 10.9 Å². The van der Waals surface area contributed by atoms with Crippen molar-refractivity contribution in [3.8, 4) is 23.3 Å². The molecule has 1 amide bonds. The number of aromatic nitrogens is 1. The average Bonchev–Trinajstić information content (AvgIpc) is 2.92. The lowest BCUT2D eigenvalue weighted by Crippen LogP contribution is -2.24. The number of hydrogen-bond acceptors (Lipinski definition) is 7. The Morgan fingerprint density at radius 3 is 2.76 bits per heavy atom. The molecular formula is C28H23BrN4O4. The lowest BCUT2D eigenvalue weighted by molar-refractivity contribution is -0.123. The first kappa shape index (κ1) is 25.7. The number of amides is 1. The topological polar surface area (TPSA) is 106 Å². The summed E-state index contributed by atoms with van der Waals surface area (Å²) >= 11 is 3.52. The Labute approximate surface area is 222 Å². The third kappa shape index (κ3) is 6.63. The van der Waals surface area contributed by atoms with E-state index in [0.29, 0.717) is 45.0 Å². The van der Waals surface area contributed by atoms with E-state index in [1.54, 1.807) is 30.5 Å². The highest BCUT2D eigenvalue weighted by molar-refractivity contribution is 9.10. The van der Waals surface area contributed by atoms with Crippen molar-refractivity contribution in [1.29, 1.82) is 5.26 Å². The summed E-state index contributed by atoms with van der Waals surface area (Å²) < 4.78 is 18.0. The lowest BCUT2D eigenvalue weighted by Gasteiger charge is -2.15. The van der Waals surface area contributed by atoms with Crippen LogP contribution in [-0.4, -0.2) is 30.3 Å². The fraction of sp³-hybridized carbons (Fsp3) is 0.143. The zero-order valence-electron chi connectivity index (χ0n) is 20.0. The van der Waals surface area contributed by atoms with Crippen LogP contribution in [0.3, 0.4) is 0 Å². The summed E-state index contributed by atoms with van der Waals surface area (Å²) in [6.07, 6.45) is 3.18. The Morgan fingerprint density at radius 2 is 1.92 bits per heavy atom. The fourth-order valence-corrected chi connectivity index (χ4v) is 4.09. The van der Waals surface area contributed by atoms with Gasteiger partial charge in [0, 0.05) is 17.1 Å². The number of nitrogens with one attached hydrogen (secondary N) is 1. The van der Waals surface area contributed by atoms with Crippen LogP contribution in [0.15, 0.2) is 82.5 Å². The van der Waals surface area contributed by atoms with Crippen molar-refractivity contribution < 1.29 is 19.0 Å². The molecule has 0 aliphatic rings. The Hall–Kier alpha value is -4.42. The first-order valence-electron chi connectivity index (χ1n) is 11.4. The first-order chi connectivity index (χ1) is 18.1. The molecule has 4 aromatic rings. The highest BCUT2D eigenvalue weighted by atomic mass is 79.9. The van der Waals surface area contributed by atoms with Crippen molar-refractivity contribution in [1.82, 2.24) is 10.4 Å². The van der Waals surface area contributed by atoms with Gasteiger partial charge in [-0.05, 0) is 58.7 Å². The van der Waals surface area contributed by atoms with Gasteiger partial charge < -0.3 is 14.2 Å². The molecule has 0 spiro atoms. The molecule has 0 saturated heterocycles. The zero-order valence-corrected chi connectivity index (χ0v) is 21.6. The van der Waals surface area contributed by atoms with Crippen LogP contribution in [0, 0.1) is 11.3 Å². The zero-order chi connectivity index (χ0) is 26.0. The molecule has 0 saturated carbocycles. The van der Waals surface area contributed by atoms with Gasteiger partial charge in [-0.25, -0.2) is 5.43 Å². The van der Waals surface area contributed by atoms with Crippen molar-refractivity contribution in [2.45, 2.75) is 13.5 Å². The third-order valence-corrected chi connectivity index (χ3v) is 5.79. The van der Waals surface area contributed by atoms with Gasteiger partial charge in [-0.1, -0.05) is 36.4 Å². The van der Waals surface area contributed by atoms with Crippen molar-refractivity contribution in [3.05, 3.63) is 94.1 Å². The highest BCUT2D eigenvalue weighted by Gasteiger charge is 2.13. The van der Waals surface area contributed by atoms with Crippen LogP contribution >= 0.6 is 15.9 Å². The average molecular weight is 559 g/mol. The maximum absolute atomic E-state index is 12.3. The molecule has 1 heterocycles. The van der Waals surface area contributed by atoms with E-state index in [4.69, 9.17) is 14.2 Å². The van der Waals surface area contributed by atoms with Gasteiger partial charge in [0.25, 0.3) is 5.91 Å². The third-order valence-electron chi connectivity index (χ3n) is 5.20. The second-order valence-electron chi connectivity index (χ2n) is 7.73. The summed E-state index contributed by atoms with van der Waals surface area (Å²) in [7, 11) is 0. The van der Waals surface area contributed by atoms with E-state index in [1.807, 2.05) is 49.4 Å². The van der Waals surface area contributed by atoms with Crippen molar-refractivity contribution in [2.24, 2.45) is 5.10 Å². The van der Waals surface area contributed by atoms with E-state index < -0.39 is 5.91 Å². The number of pyridine rings is 1. The van der Waals surface area contributed by atoms with Crippen LogP contribution in [0.25, 0.3) is 10.9 Å².